The van der Waals surface area contributed by atoms with Gasteiger partial charge in [0.2, 0.25) is 0 Å². The van der Waals surface area contributed by atoms with Gasteiger partial charge < -0.3 is 4.74 Å². The van der Waals surface area contributed by atoms with E-state index in [0.717, 1.165) is 17.9 Å². The lowest BCUT2D eigenvalue weighted by atomic mass is 9.74. The van der Waals surface area contributed by atoms with Gasteiger partial charge in [-0.05, 0) is 73.6 Å². The van der Waals surface area contributed by atoms with E-state index in [9.17, 15) is 17.6 Å². The molecule has 1 nitrogen and oxygen atoms in total. The van der Waals surface area contributed by atoms with Gasteiger partial charge in [0.15, 0.2) is 11.6 Å². The smallest absolute Gasteiger partial charge is 0.403 e. The van der Waals surface area contributed by atoms with Crippen LogP contribution in [0.3, 0.4) is 0 Å². The standard InChI is InChI=1S/C22H28F4O/c1-2-3-4-5-15-6-8-16(9-7-15)17-10-11-18-14-21(27-22(24,25)26)20(23)13-19(18)12-17/h12-16H,2-11H2,1H3. The van der Waals surface area contributed by atoms with Gasteiger partial charge in [-0.1, -0.05) is 44.3 Å². The first kappa shape index (κ1) is 20.2. The SMILES string of the molecule is CCCCCC1CCC(C2=Cc3cc(F)c(OC(F)(F)F)cc3CC2)CC1. The molecule has 0 aliphatic heterocycles. The van der Waals surface area contributed by atoms with Crippen LogP contribution < -0.4 is 4.74 Å². The fourth-order valence-electron chi connectivity index (χ4n) is 4.54. The molecule has 0 radical (unpaired) electrons. The number of unbranched alkanes of at least 4 members (excludes halogenated alkanes) is 2. The molecule has 1 aromatic rings. The van der Waals surface area contributed by atoms with Crippen molar-refractivity contribution in [3.8, 4) is 5.75 Å². The summed E-state index contributed by atoms with van der Waals surface area (Å²) in [5.41, 5.74) is 2.76. The Bertz CT molecular complexity index is 670. The van der Waals surface area contributed by atoms with Gasteiger partial charge in [0.1, 0.15) is 0 Å². The topological polar surface area (TPSA) is 9.23 Å². The number of fused-ring (bicyclic) bond motifs is 1. The second-order valence-corrected chi connectivity index (χ2v) is 7.96. The predicted molar refractivity (Wildman–Crippen MR) is 99.0 cm³/mol. The van der Waals surface area contributed by atoms with Gasteiger partial charge in [0.05, 0.1) is 0 Å². The zero-order chi connectivity index (χ0) is 19.4. The summed E-state index contributed by atoms with van der Waals surface area (Å²) in [4.78, 5) is 0. The molecule has 1 fully saturated rings. The molecule has 5 heteroatoms. The molecule has 0 atom stereocenters. The molecular formula is C22H28F4O. The van der Waals surface area contributed by atoms with E-state index in [4.69, 9.17) is 0 Å². The molecule has 2 aliphatic rings. The average Bonchev–Trinajstić information content (AvgIpc) is 2.62. The second kappa shape index (κ2) is 8.66. The van der Waals surface area contributed by atoms with Gasteiger partial charge in [-0.25, -0.2) is 4.39 Å². The molecule has 2 aliphatic carbocycles. The normalized spacial score (nSPS) is 22.9. The van der Waals surface area contributed by atoms with Crippen LogP contribution in [-0.2, 0) is 6.42 Å². The first-order valence-corrected chi connectivity index (χ1v) is 10.1. The van der Waals surface area contributed by atoms with Gasteiger partial charge in [-0.3, -0.25) is 0 Å². The Labute approximate surface area is 158 Å². The van der Waals surface area contributed by atoms with Crippen molar-refractivity contribution in [2.45, 2.75) is 77.5 Å². The van der Waals surface area contributed by atoms with Crippen molar-refractivity contribution < 1.29 is 22.3 Å². The molecule has 0 bridgehead atoms. The van der Waals surface area contributed by atoms with Crippen molar-refractivity contribution in [1.29, 1.82) is 0 Å². The Balaban J connectivity index is 1.64. The van der Waals surface area contributed by atoms with Gasteiger partial charge in [-0.15, -0.1) is 13.2 Å². The first-order valence-electron chi connectivity index (χ1n) is 10.1. The summed E-state index contributed by atoms with van der Waals surface area (Å²) < 4.78 is 55.0. The highest BCUT2D eigenvalue weighted by Crippen LogP contribution is 2.40. The maximum absolute atomic E-state index is 14.0. The quantitative estimate of drug-likeness (QED) is 0.366. The Morgan fingerprint density at radius 1 is 1.04 bits per heavy atom. The maximum atomic E-state index is 14.0. The van der Waals surface area contributed by atoms with Crippen LogP contribution in [0.1, 0.15) is 75.8 Å². The Morgan fingerprint density at radius 3 is 2.44 bits per heavy atom. The monoisotopic (exact) mass is 384 g/mol. The molecule has 0 saturated heterocycles. The lowest BCUT2D eigenvalue weighted by Gasteiger charge is -2.32. The summed E-state index contributed by atoms with van der Waals surface area (Å²) >= 11 is 0. The molecule has 0 unspecified atom stereocenters. The third kappa shape index (κ3) is 5.49. The minimum absolute atomic E-state index is 0.537. The number of alkyl halides is 3. The van der Waals surface area contributed by atoms with Crippen molar-refractivity contribution in [2.75, 3.05) is 0 Å². The fourth-order valence-corrected chi connectivity index (χ4v) is 4.54. The number of rotatable bonds is 6. The van der Waals surface area contributed by atoms with Gasteiger partial charge in [0.25, 0.3) is 0 Å². The van der Waals surface area contributed by atoms with Crippen molar-refractivity contribution in [2.24, 2.45) is 11.8 Å². The van der Waals surface area contributed by atoms with Gasteiger partial charge in [0, 0.05) is 0 Å². The van der Waals surface area contributed by atoms with Crippen LogP contribution in [0.5, 0.6) is 5.75 Å². The van der Waals surface area contributed by atoms with E-state index in [1.165, 1.54) is 69.1 Å². The third-order valence-electron chi connectivity index (χ3n) is 6.03. The molecule has 0 N–H and O–H groups in total. The van der Waals surface area contributed by atoms with Crippen LogP contribution in [-0.4, -0.2) is 6.36 Å². The third-order valence-corrected chi connectivity index (χ3v) is 6.03. The molecule has 150 valence electrons. The summed E-state index contributed by atoms with van der Waals surface area (Å²) in [5, 5.41) is 0. The van der Waals surface area contributed by atoms with Crippen molar-refractivity contribution in [1.82, 2.24) is 0 Å². The Kier molecular flexibility index (Phi) is 6.48. The number of hydrogen-bond acceptors (Lipinski definition) is 1. The molecule has 1 saturated carbocycles. The second-order valence-electron chi connectivity index (χ2n) is 7.96. The number of halogens is 4. The van der Waals surface area contributed by atoms with Crippen molar-refractivity contribution in [3.63, 3.8) is 0 Å². The summed E-state index contributed by atoms with van der Waals surface area (Å²) in [7, 11) is 0. The van der Waals surface area contributed by atoms with E-state index in [0.29, 0.717) is 17.9 Å². The summed E-state index contributed by atoms with van der Waals surface area (Å²) in [6, 6.07) is 2.39. The van der Waals surface area contributed by atoms with E-state index in [-0.39, 0.29) is 0 Å². The summed E-state index contributed by atoms with van der Waals surface area (Å²) in [6.07, 6.45) is 8.70. The van der Waals surface area contributed by atoms with Crippen LogP contribution in [0.15, 0.2) is 17.7 Å². The van der Waals surface area contributed by atoms with E-state index < -0.39 is 17.9 Å². The zero-order valence-electron chi connectivity index (χ0n) is 15.9. The number of ether oxygens (including phenoxy) is 1. The van der Waals surface area contributed by atoms with E-state index in [1.807, 2.05) is 6.08 Å². The molecule has 0 heterocycles. The molecule has 1 aromatic carbocycles. The van der Waals surface area contributed by atoms with E-state index >= 15 is 0 Å². The molecule has 3 rings (SSSR count). The van der Waals surface area contributed by atoms with Crippen LogP contribution >= 0.6 is 0 Å². The highest BCUT2D eigenvalue weighted by Gasteiger charge is 2.33. The van der Waals surface area contributed by atoms with Crippen molar-refractivity contribution in [3.05, 3.63) is 34.6 Å². The fraction of sp³-hybridized carbons (Fsp3) is 0.636. The first-order chi connectivity index (χ1) is 12.9. The van der Waals surface area contributed by atoms with Crippen LogP contribution in [0.25, 0.3) is 6.08 Å². The molecular weight excluding hydrogens is 356 g/mol. The number of allylic oxidation sites excluding steroid dienone is 1. The summed E-state index contributed by atoms with van der Waals surface area (Å²) in [6.45, 7) is 2.23. The number of benzene rings is 1. The lowest BCUT2D eigenvalue weighted by molar-refractivity contribution is -0.275. The lowest BCUT2D eigenvalue weighted by Crippen LogP contribution is -2.19. The van der Waals surface area contributed by atoms with E-state index in [1.54, 1.807) is 0 Å². The Morgan fingerprint density at radius 2 is 1.78 bits per heavy atom. The average molecular weight is 384 g/mol. The number of hydrogen-bond donors (Lipinski definition) is 0. The zero-order valence-corrected chi connectivity index (χ0v) is 15.9. The highest BCUT2D eigenvalue weighted by atomic mass is 19.4. The summed E-state index contributed by atoms with van der Waals surface area (Å²) in [5.74, 6) is -0.313. The minimum atomic E-state index is -4.87. The maximum Gasteiger partial charge on any atom is 0.573 e. The highest BCUT2D eigenvalue weighted by molar-refractivity contribution is 5.61. The van der Waals surface area contributed by atoms with Gasteiger partial charge in [-0.2, -0.15) is 0 Å². The predicted octanol–water partition coefficient (Wildman–Crippen LogP) is 7.44. The minimum Gasteiger partial charge on any atom is -0.403 e. The van der Waals surface area contributed by atoms with E-state index in [2.05, 4.69) is 11.7 Å². The molecule has 27 heavy (non-hydrogen) atoms. The van der Waals surface area contributed by atoms with Crippen LogP contribution in [0.4, 0.5) is 17.6 Å². The largest absolute Gasteiger partial charge is 0.573 e. The molecule has 0 aromatic heterocycles. The van der Waals surface area contributed by atoms with Crippen LogP contribution in [0, 0.1) is 17.7 Å². The van der Waals surface area contributed by atoms with Gasteiger partial charge >= 0.3 is 6.36 Å². The molecule has 0 amide bonds. The Hall–Kier alpha value is -1.52. The molecule has 0 spiro atoms. The van der Waals surface area contributed by atoms with Crippen molar-refractivity contribution >= 4 is 6.08 Å². The van der Waals surface area contributed by atoms with Crippen LogP contribution in [0.2, 0.25) is 0 Å². The number of aryl methyl sites for hydroxylation is 1.